The Kier molecular flexibility index (Phi) is 7.02. The lowest BCUT2D eigenvalue weighted by Crippen LogP contribution is -2.43. The zero-order valence-corrected chi connectivity index (χ0v) is 20.4. The number of hydrogen-bond acceptors (Lipinski definition) is 5. The predicted molar refractivity (Wildman–Crippen MR) is 134 cm³/mol. The van der Waals surface area contributed by atoms with Gasteiger partial charge in [-0.15, -0.1) is 0 Å². The van der Waals surface area contributed by atoms with Crippen LogP contribution in [0.1, 0.15) is 41.6 Å². The van der Waals surface area contributed by atoms with Crippen LogP contribution in [-0.4, -0.2) is 75.6 Å². The second kappa shape index (κ2) is 10.3. The van der Waals surface area contributed by atoms with Crippen LogP contribution in [0.25, 0.3) is 0 Å². The van der Waals surface area contributed by atoms with Crippen LogP contribution in [0.3, 0.4) is 0 Å². The van der Waals surface area contributed by atoms with Gasteiger partial charge in [0, 0.05) is 45.2 Å². The first-order valence-electron chi connectivity index (χ1n) is 12.7. The van der Waals surface area contributed by atoms with Crippen molar-refractivity contribution in [3.05, 3.63) is 58.9 Å². The average Bonchev–Trinajstić information content (AvgIpc) is 3.12. The van der Waals surface area contributed by atoms with E-state index in [9.17, 15) is 14.7 Å². The molecular formula is C27H35N5O3. The summed E-state index contributed by atoms with van der Waals surface area (Å²) >= 11 is 0. The molecule has 0 spiro atoms. The zero-order chi connectivity index (χ0) is 24.4. The van der Waals surface area contributed by atoms with Crippen molar-refractivity contribution in [3.63, 3.8) is 0 Å². The molecule has 1 aromatic heterocycles. The molecule has 2 aliphatic heterocycles. The number of urea groups is 1. The third-order valence-electron chi connectivity index (χ3n) is 7.46. The Morgan fingerprint density at radius 3 is 2.69 bits per heavy atom. The van der Waals surface area contributed by atoms with E-state index in [0.717, 1.165) is 44.5 Å². The number of β-amino-alcohol motifs (C(OH)–C–C–N with tert-alkyl or cyclic N) is 1. The molecule has 1 aliphatic carbocycles. The molecular weight excluding hydrogens is 442 g/mol. The van der Waals surface area contributed by atoms with E-state index in [1.54, 1.807) is 16.0 Å². The molecule has 1 aromatic carbocycles. The van der Waals surface area contributed by atoms with Crippen LogP contribution in [0.15, 0.2) is 36.5 Å². The minimum atomic E-state index is -0.582. The molecule has 0 unspecified atom stereocenters. The first-order chi connectivity index (χ1) is 16.9. The van der Waals surface area contributed by atoms with E-state index in [-0.39, 0.29) is 17.9 Å². The van der Waals surface area contributed by atoms with Crippen molar-refractivity contribution in [2.45, 2.75) is 51.8 Å². The van der Waals surface area contributed by atoms with E-state index in [2.05, 4.69) is 40.3 Å². The molecule has 0 bridgehead atoms. The number of fused-ring (bicyclic) bond motifs is 1. The summed E-state index contributed by atoms with van der Waals surface area (Å²) in [4.78, 5) is 35.2. The van der Waals surface area contributed by atoms with Gasteiger partial charge in [-0.25, -0.2) is 4.79 Å². The summed E-state index contributed by atoms with van der Waals surface area (Å²) in [6.45, 7) is 6.42. The van der Waals surface area contributed by atoms with Crippen molar-refractivity contribution in [1.29, 1.82) is 0 Å². The van der Waals surface area contributed by atoms with Crippen LogP contribution >= 0.6 is 0 Å². The Hall–Kier alpha value is -2.97. The maximum Gasteiger partial charge on any atom is 0.320 e. The van der Waals surface area contributed by atoms with Crippen LogP contribution in [0.2, 0.25) is 0 Å². The molecule has 3 aliphatic rings. The summed E-state index contributed by atoms with van der Waals surface area (Å²) in [6.07, 6.45) is 5.12. The lowest BCUT2D eigenvalue weighted by molar-refractivity contribution is -0.122. The molecule has 8 heteroatoms. The maximum absolute atomic E-state index is 12.9. The first kappa shape index (κ1) is 23.8. The van der Waals surface area contributed by atoms with E-state index < -0.39 is 6.10 Å². The summed E-state index contributed by atoms with van der Waals surface area (Å²) in [6, 6.07) is 10.2. The smallest absolute Gasteiger partial charge is 0.320 e. The Morgan fingerprint density at radius 1 is 1.11 bits per heavy atom. The minimum Gasteiger partial charge on any atom is -0.390 e. The number of aliphatic hydroxyl groups excluding tert-OH is 1. The molecule has 1 saturated carbocycles. The summed E-state index contributed by atoms with van der Waals surface area (Å²) in [7, 11) is 0. The SMILES string of the molecule is Cc1ccc2c(c1)CN(C[C@@H](O)CN1CCN(Cc3ccc(NC(=O)C4CCC4)cn3)C1=O)CC2. The molecule has 35 heavy (non-hydrogen) atoms. The standard InChI is InChI=1S/C27H35N5O3/c1-19-5-6-20-9-10-30(15-22(20)13-19)17-25(33)18-32-12-11-31(27(32)35)16-24-8-7-23(14-28-24)29-26(34)21-3-2-4-21/h5-8,13-14,21,25,33H,2-4,9-12,15-18H2,1H3,(H,29,34)/t25-/m1/s1. The highest BCUT2D eigenvalue weighted by Crippen LogP contribution is 2.27. The lowest BCUT2D eigenvalue weighted by atomic mass is 9.85. The van der Waals surface area contributed by atoms with Gasteiger partial charge >= 0.3 is 6.03 Å². The van der Waals surface area contributed by atoms with Gasteiger partial charge in [0.05, 0.1) is 30.2 Å². The van der Waals surface area contributed by atoms with Crippen LogP contribution in [0.4, 0.5) is 10.5 Å². The molecule has 2 N–H and O–H groups in total. The number of nitrogens with zero attached hydrogens (tertiary/aromatic N) is 4. The Labute approximate surface area is 206 Å². The number of pyridine rings is 1. The molecule has 1 atom stereocenters. The van der Waals surface area contributed by atoms with Gasteiger partial charge in [0.1, 0.15) is 0 Å². The quantitative estimate of drug-likeness (QED) is 0.610. The van der Waals surface area contributed by atoms with Crippen LogP contribution in [-0.2, 0) is 24.3 Å². The summed E-state index contributed by atoms with van der Waals surface area (Å²) in [5.74, 6) is 0.201. The number of carbonyl (C=O) groups is 2. The fourth-order valence-electron chi connectivity index (χ4n) is 5.16. The number of amides is 3. The Morgan fingerprint density at radius 2 is 1.94 bits per heavy atom. The fraction of sp³-hybridized carbons (Fsp3) is 0.519. The van der Waals surface area contributed by atoms with Gasteiger partial charge in [-0.3, -0.25) is 14.7 Å². The van der Waals surface area contributed by atoms with Crippen molar-refractivity contribution in [1.82, 2.24) is 19.7 Å². The monoisotopic (exact) mass is 477 g/mol. The topological polar surface area (TPSA) is 89.0 Å². The fourth-order valence-corrected chi connectivity index (χ4v) is 5.16. The third-order valence-corrected chi connectivity index (χ3v) is 7.46. The van der Waals surface area contributed by atoms with Crippen LogP contribution in [0.5, 0.6) is 0 Å². The number of carbonyl (C=O) groups excluding carboxylic acids is 2. The Bertz CT molecular complexity index is 1070. The highest BCUT2D eigenvalue weighted by atomic mass is 16.3. The second-order valence-electron chi connectivity index (χ2n) is 10.2. The third kappa shape index (κ3) is 5.65. The minimum absolute atomic E-state index is 0.0622. The van der Waals surface area contributed by atoms with Gasteiger partial charge in [0.25, 0.3) is 0 Å². The number of rotatable bonds is 8. The lowest BCUT2D eigenvalue weighted by Gasteiger charge is -2.31. The second-order valence-corrected chi connectivity index (χ2v) is 10.2. The Balaban J connectivity index is 1.08. The van der Waals surface area contributed by atoms with Crippen molar-refractivity contribution >= 4 is 17.6 Å². The first-order valence-corrected chi connectivity index (χ1v) is 12.7. The summed E-state index contributed by atoms with van der Waals surface area (Å²) in [5, 5.41) is 13.6. The van der Waals surface area contributed by atoms with Crippen molar-refractivity contribution in [3.8, 4) is 0 Å². The number of aromatic nitrogens is 1. The molecule has 5 rings (SSSR count). The van der Waals surface area contributed by atoms with Gasteiger partial charge in [0.15, 0.2) is 0 Å². The molecule has 3 heterocycles. The summed E-state index contributed by atoms with van der Waals surface area (Å²) < 4.78 is 0. The van der Waals surface area contributed by atoms with E-state index in [0.29, 0.717) is 38.4 Å². The summed E-state index contributed by atoms with van der Waals surface area (Å²) in [5.41, 5.74) is 5.47. The van der Waals surface area contributed by atoms with Gasteiger partial charge in [-0.1, -0.05) is 30.2 Å². The maximum atomic E-state index is 12.9. The normalized spacial score (nSPS) is 19.4. The highest BCUT2D eigenvalue weighted by molar-refractivity contribution is 5.92. The number of aryl methyl sites for hydroxylation is 1. The number of hydrogen-bond donors (Lipinski definition) is 2. The molecule has 3 amide bonds. The zero-order valence-electron chi connectivity index (χ0n) is 20.4. The highest BCUT2D eigenvalue weighted by Gasteiger charge is 2.31. The molecule has 0 radical (unpaired) electrons. The largest absolute Gasteiger partial charge is 0.390 e. The van der Waals surface area contributed by atoms with Gasteiger partial charge in [0.2, 0.25) is 5.91 Å². The van der Waals surface area contributed by atoms with E-state index >= 15 is 0 Å². The molecule has 2 fully saturated rings. The number of nitrogens with one attached hydrogen (secondary N) is 1. The molecule has 186 valence electrons. The molecule has 2 aromatic rings. The predicted octanol–water partition coefficient (Wildman–Crippen LogP) is 2.79. The number of anilines is 1. The molecule has 8 nitrogen and oxygen atoms in total. The van der Waals surface area contributed by atoms with E-state index in [1.165, 1.54) is 16.7 Å². The van der Waals surface area contributed by atoms with E-state index in [1.807, 2.05) is 12.1 Å². The molecule has 1 saturated heterocycles. The van der Waals surface area contributed by atoms with E-state index in [4.69, 9.17) is 0 Å². The van der Waals surface area contributed by atoms with Crippen molar-refractivity contribution in [2.24, 2.45) is 5.92 Å². The van der Waals surface area contributed by atoms with Gasteiger partial charge in [-0.2, -0.15) is 0 Å². The number of benzene rings is 1. The van der Waals surface area contributed by atoms with Crippen LogP contribution in [0, 0.1) is 12.8 Å². The van der Waals surface area contributed by atoms with Crippen LogP contribution < -0.4 is 5.32 Å². The van der Waals surface area contributed by atoms with Crippen molar-refractivity contribution < 1.29 is 14.7 Å². The average molecular weight is 478 g/mol. The number of aliphatic hydroxyl groups is 1. The van der Waals surface area contributed by atoms with Crippen molar-refractivity contribution in [2.75, 3.05) is 38.0 Å². The van der Waals surface area contributed by atoms with Gasteiger partial charge in [-0.05, 0) is 49.4 Å². The van der Waals surface area contributed by atoms with Gasteiger partial charge < -0.3 is 20.2 Å².